The molecular formula is C46H51ClN6O9S2. The van der Waals surface area contributed by atoms with Crippen LogP contribution in [-0.4, -0.2) is 93.9 Å². The maximum atomic E-state index is 14.0. The van der Waals surface area contributed by atoms with Gasteiger partial charge in [0, 0.05) is 85.2 Å². The smallest absolute Gasteiger partial charge is 0.277 e. The monoisotopic (exact) mass is 930 g/mol. The van der Waals surface area contributed by atoms with E-state index >= 15 is 0 Å². The molecule has 15 nitrogen and oxygen atoms in total. The number of carbonyl (C=O) groups excluding carboxylic acids is 1. The Hall–Kier alpha value is -5.49. The van der Waals surface area contributed by atoms with Gasteiger partial charge in [0.15, 0.2) is 0 Å². The van der Waals surface area contributed by atoms with Crippen molar-refractivity contribution in [2.75, 3.05) is 56.2 Å². The lowest BCUT2D eigenvalue weighted by Gasteiger charge is -2.39. The molecule has 0 radical (unpaired) electrons. The number of allylic oxidation sites excluding steroid dienone is 1. The first-order valence-electron chi connectivity index (χ1n) is 21.3. The highest BCUT2D eigenvalue weighted by Crippen LogP contribution is 2.44. The standard InChI is InChI=1S/C46H51ClN6O9S2/c1-46(2)14-12-33(40(26-46)31-6-8-34(47)9-7-31)28-51-16-18-52(19-17-51)35-10-11-38(43(23-35)62-36-22-32-13-15-48-44(32)49-27-36)45(54)50-64(59,60)37-24-41(53(55)56)39-21-30(29-61-42(39)25-37)5-4-20-63(3,57)58/h6-11,13,15,22-25,27,30H,4-5,12,14,16-21,26,28-29H2,1-3H3,(H,48,49)(H,50,54)/t30-/m0/s1. The first-order chi connectivity index (χ1) is 30.4. The van der Waals surface area contributed by atoms with Gasteiger partial charge in [0.1, 0.15) is 32.7 Å². The molecule has 3 aliphatic rings. The second-order valence-corrected chi connectivity index (χ2v) is 22.2. The Morgan fingerprint density at radius 2 is 1.81 bits per heavy atom. The first-order valence-corrected chi connectivity index (χ1v) is 25.2. The molecule has 2 N–H and O–H groups in total. The number of fused-ring (bicyclic) bond motifs is 2. The number of nitrogens with one attached hydrogen (secondary N) is 2. The second-order valence-electron chi connectivity index (χ2n) is 17.8. The summed E-state index contributed by atoms with van der Waals surface area (Å²) in [5, 5.41) is 13.7. The Morgan fingerprint density at radius 1 is 1.05 bits per heavy atom. The zero-order valence-corrected chi connectivity index (χ0v) is 38.3. The van der Waals surface area contributed by atoms with Crippen LogP contribution in [-0.2, 0) is 26.3 Å². The topological polar surface area (TPSA) is 194 Å². The Balaban J connectivity index is 1.01. The molecule has 1 aliphatic carbocycles. The van der Waals surface area contributed by atoms with E-state index in [0.29, 0.717) is 37.3 Å². The maximum absolute atomic E-state index is 14.0. The van der Waals surface area contributed by atoms with Gasteiger partial charge in [-0.2, -0.15) is 0 Å². The van der Waals surface area contributed by atoms with Crippen LogP contribution in [0.5, 0.6) is 17.2 Å². The summed E-state index contributed by atoms with van der Waals surface area (Å²) in [4.78, 5) is 37.2. The summed E-state index contributed by atoms with van der Waals surface area (Å²) in [5.41, 5.74) is 5.35. The quantitative estimate of drug-likeness (QED) is 0.0802. The normalized spacial score (nSPS) is 18.1. The van der Waals surface area contributed by atoms with Crippen molar-refractivity contribution in [1.29, 1.82) is 0 Å². The minimum Gasteiger partial charge on any atom is -0.493 e. The fourth-order valence-corrected chi connectivity index (χ4v) is 10.7. The number of carbonyl (C=O) groups is 1. The zero-order chi connectivity index (χ0) is 45.4. The Labute approximate surface area is 377 Å². The summed E-state index contributed by atoms with van der Waals surface area (Å²) in [6.45, 7) is 8.63. The van der Waals surface area contributed by atoms with Crippen molar-refractivity contribution in [3.05, 3.63) is 117 Å². The Morgan fingerprint density at radius 3 is 2.55 bits per heavy atom. The predicted octanol–water partition coefficient (Wildman–Crippen LogP) is 8.20. The molecule has 1 saturated heterocycles. The Bertz CT molecular complexity index is 2860. The maximum Gasteiger partial charge on any atom is 0.277 e. The number of nitrogens with zero attached hydrogens (tertiary/aromatic N) is 4. The molecule has 64 heavy (non-hydrogen) atoms. The molecule has 3 aromatic carbocycles. The van der Waals surface area contributed by atoms with E-state index in [1.807, 2.05) is 18.2 Å². The molecular weight excluding hydrogens is 880 g/mol. The molecule has 0 bridgehead atoms. The number of aromatic nitrogens is 2. The van der Waals surface area contributed by atoms with Gasteiger partial charge in [-0.15, -0.1) is 0 Å². The molecule has 1 fully saturated rings. The summed E-state index contributed by atoms with van der Waals surface area (Å²) in [7, 11) is -7.86. The lowest BCUT2D eigenvalue weighted by atomic mass is 9.72. The molecule has 2 aliphatic heterocycles. The number of rotatable bonds is 14. The van der Waals surface area contributed by atoms with Crippen LogP contribution in [0.4, 0.5) is 11.4 Å². The summed E-state index contributed by atoms with van der Waals surface area (Å²) >= 11 is 6.24. The number of piperazine rings is 1. The minimum absolute atomic E-state index is 0.0175. The van der Waals surface area contributed by atoms with Crippen molar-refractivity contribution in [1.82, 2.24) is 19.6 Å². The number of amides is 1. The SMILES string of the molecule is CC1(C)CCC(CN2CCN(c3ccc(C(=O)NS(=O)(=O)c4cc5c(c([N+](=O)[O-])c4)C[C@H](CCCS(C)(=O)=O)CO5)c(Oc4cnc5[nH]ccc5c4)c3)CC2)=C(c2ccc(Cl)cc2)C1. The number of sulfone groups is 1. The van der Waals surface area contributed by atoms with Gasteiger partial charge in [-0.25, -0.2) is 26.5 Å². The fraction of sp³-hybridized carbons (Fsp3) is 0.391. The second kappa shape index (κ2) is 18.2. The van der Waals surface area contributed by atoms with Gasteiger partial charge in [-0.05, 0) is 97.4 Å². The van der Waals surface area contributed by atoms with E-state index in [1.54, 1.807) is 24.4 Å². The molecule has 0 spiro atoms. The highest BCUT2D eigenvalue weighted by atomic mass is 35.5. The number of nitro groups is 1. The van der Waals surface area contributed by atoms with E-state index in [2.05, 4.69) is 50.5 Å². The number of H-pyrrole nitrogens is 1. The first kappa shape index (κ1) is 45.1. The fourth-order valence-electron chi connectivity index (χ4n) is 8.85. The van der Waals surface area contributed by atoms with Crippen LogP contribution >= 0.6 is 11.6 Å². The van der Waals surface area contributed by atoms with Gasteiger partial charge in [-0.3, -0.25) is 19.8 Å². The average molecular weight is 932 g/mol. The average Bonchev–Trinajstić information content (AvgIpc) is 3.72. The molecule has 1 amide bonds. The molecule has 0 unspecified atom stereocenters. The van der Waals surface area contributed by atoms with Gasteiger partial charge in [-0.1, -0.05) is 43.2 Å². The minimum atomic E-state index is -4.68. The molecule has 1 atom stereocenters. The highest BCUT2D eigenvalue weighted by molar-refractivity contribution is 7.90. The van der Waals surface area contributed by atoms with Gasteiger partial charge >= 0.3 is 0 Å². The number of aromatic amines is 1. The van der Waals surface area contributed by atoms with E-state index in [1.165, 1.54) is 35.0 Å². The van der Waals surface area contributed by atoms with Crippen LogP contribution in [0.25, 0.3) is 16.6 Å². The molecule has 18 heteroatoms. The highest BCUT2D eigenvalue weighted by Gasteiger charge is 2.33. The van der Waals surface area contributed by atoms with E-state index in [4.69, 9.17) is 21.1 Å². The van der Waals surface area contributed by atoms with Crippen molar-refractivity contribution < 1.29 is 36.0 Å². The number of sulfonamides is 1. The van der Waals surface area contributed by atoms with Crippen LogP contribution in [0, 0.1) is 21.4 Å². The number of pyridine rings is 1. The molecule has 2 aromatic heterocycles. The third-order valence-electron chi connectivity index (χ3n) is 12.3. The number of hydrogen-bond donors (Lipinski definition) is 2. The molecule has 0 saturated carbocycles. The van der Waals surface area contributed by atoms with Crippen molar-refractivity contribution >= 4 is 65.3 Å². The molecule has 8 rings (SSSR count). The van der Waals surface area contributed by atoms with E-state index in [-0.39, 0.29) is 52.7 Å². The lowest BCUT2D eigenvalue weighted by Crippen LogP contribution is -2.47. The van der Waals surface area contributed by atoms with E-state index in [0.717, 1.165) is 67.3 Å². The summed E-state index contributed by atoms with van der Waals surface area (Å²) in [6.07, 6.45) is 8.57. The Kier molecular flexibility index (Phi) is 12.8. The van der Waals surface area contributed by atoms with Gasteiger partial charge in [0.05, 0.1) is 33.7 Å². The van der Waals surface area contributed by atoms with Crippen LogP contribution in [0.2, 0.25) is 5.02 Å². The van der Waals surface area contributed by atoms with Crippen LogP contribution < -0.4 is 19.1 Å². The third-order valence-corrected chi connectivity index (χ3v) is 14.9. The number of hydrogen-bond acceptors (Lipinski definition) is 12. The number of benzene rings is 3. The van der Waals surface area contributed by atoms with Crippen molar-refractivity contribution in [2.24, 2.45) is 11.3 Å². The summed E-state index contributed by atoms with van der Waals surface area (Å²) < 4.78 is 65.2. The molecule has 5 aromatic rings. The van der Waals surface area contributed by atoms with Gasteiger partial charge < -0.3 is 19.4 Å². The van der Waals surface area contributed by atoms with Crippen molar-refractivity contribution in [3.8, 4) is 17.2 Å². The summed E-state index contributed by atoms with van der Waals surface area (Å²) in [5.74, 6) is -0.795. The third kappa shape index (κ3) is 10.5. The van der Waals surface area contributed by atoms with Crippen molar-refractivity contribution in [3.63, 3.8) is 0 Å². The van der Waals surface area contributed by atoms with E-state index in [9.17, 15) is 31.7 Å². The predicted molar refractivity (Wildman–Crippen MR) is 247 cm³/mol. The zero-order valence-electron chi connectivity index (χ0n) is 35.9. The molecule has 338 valence electrons. The number of ether oxygens (including phenoxy) is 2. The molecule has 4 heterocycles. The lowest BCUT2D eigenvalue weighted by molar-refractivity contribution is -0.386. The largest absolute Gasteiger partial charge is 0.493 e. The van der Waals surface area contributed by atoms with Gasteiger partial charge in [0.2, 0.25) is 0 Å². The van der Waals surface area contributed by atoms with Gasteiger partial charge in [0.25, 0.3) is 21.6 Å². The number of halogens is 1. The van der Waals surface area contributed by atoms with Crippen LogP contribution in [0.15, 0.2) is 89.6 Å². The van der Waals surface area contributed by atoms with E-state index < -0.39 is 41.3 Å². The van der Waals surface area contributed by atoms with Crippen molar-refractivity contribution in [2.45, 2.75) is 57.3 Å². The summed E-state index contributed by atoms with van der Waals surface area (Å²) in [6, 6.07) is 18.8. The number of nitro benzene ring substituents is 1. The number of anilines is 1. The van der Waals surface area contributed by atoms with Crippen LogP contribution in [0.1, 0.15) is 67.4 Å². The van der Waals surface area contributed by atoms with Crippen LogP contribution in [0.3, 0.4) is 0 Å².